The lowest BCUT2D eigenvalue weighted by Crippen LogP contribution is -2.24. The highest BCUT2D eigenvalue weighted by atomic mass is 32.1. The van der Waals surface area contributed by atoms with E-state index >= 15 is 0 Å². The van der Waals surface area contributed by atoms with Gasteiger partial charge in [-0.05, 0) is 27.4 Å². The van der Waals surface area contributed by atoms with Crippen molar-refractivity contribution in [2.75, 3.05) is 20.6 Å². The monoisotopic (exact) mass is 241 g/mol. The van der Waals surface area contributed by atoms with Gasteiger partial charge in [0.15, 0.2) is 0 Å². The Kier molecular flexibility index (Phi) is 5.95. The summed E-state index contributed by atoms with van der Waals surface area (Å²) >= 11 is 1.77. The predicted molar refractivity (Wildman–Crippen MR) is 71.0 cm³/mol. The molecule has 0 amide bonds. The van der Waals surface area contributed by atoms with Crippen LogP contribution in [0.15, 0.2) is 5.38 Å². The average Bonchev–Trinajstić information content (AvgIpc) is 2.71. The summed E-state index contributed by atoms with van der Waals surface area (Å²) in [4.78, 5) is 6.81. The Bertz CT molecular complexity index is 296. The van der Waals surface area contributed by atoms with E-state index in [4.69, 9.17) is 0 Å². The summed E-state index contributed by atoms with van der Waals surface area (Å²) in [6.07, 6.45) is 2.22. The lowest BCUT2D eigenvalue weighted by molar-refractivity contribution is 0.413. The van der Waals surface area contributed by atoms with Crippen LogP contribution in [0.4, 0.5) is 0 Å². The standard InChI is InChI=1S/C12H23N3S/c1-5-10(2)13-8-11-9-16-12(14-11)6-7-15(3)4/h9-10,13H,5-8H2,1-4H3. The molecule has 0 radical (unpaired) electrons. The smallest absolute Gasteiger partial charge is 0.0941 e. The molecule has 1 unspecified atom stereocenters. The fraction of sp³-hybridized carbons (Fsp3) is 0.750. The number of hydrogen-bond donors (Lipinski definition) is 1. The molecule has 1 aromatic heterocycles. The summed E-state index contributed by atoms with van der Waals surface area (Å²) in [7, 11) is 4.19. The van der Waals surface area contributed by atoms with Crippen LogP contribution < -0.4 is 5.32 Å². The van der Waals surface area contributed by atoms with Gasteiger partial charge in [0.1, 0.15) is 0 Å². The minimum atomic E-state index is 0.576. The number of nitrogens with zero attached hydrogens (tertiary/aromatic N) is 2. The van der Waals surface area contributed by atoms with Crippen LogP contribution >= 0.6 is 11.3 Å². The van der Waals surface area contributed by atoms with Gasteiger partial charge in [0, 0.05) is 30.9 Å². The molecular formula is C12H23N3S. The molecule has 1 rings (SSSR count). The molecule has 16 heavy (non-hydrogen) atoms. The first-order valence-corrected chi connectivity index (χ1v) is 6.81. The van der Waals surface area contributed by atoms with Crippen molar-refractivity contribution in [2.24, 2.45) is 0 Å². The molecule has 0 fully saturated rings. The highest BCUT2D eigenvalue weighted by Crippen LogP contribution is 2.10. The largest absolute Gasteiger partial charge is 0.309 e. The molecule has 0 aromatic carbocycles. The molecule has 0 spiro atoms. The Morgan fingerprint density at radius 2 is 2.25 bits per heavy atom. The van der Waals surface area contributed by atoms with E-state index in [2.05, 4.69) is 48.5 Å². The van der Waals surface area contributed by atoms with Crippen LogP contribution in [0.25, 0.3) is 0 Å². The second kappa shape index (κ2) is 6.99. The third kappa shape index (κ3) is 5.05. The van der Waals surface area contributed by atoms with Gasteiger partial charge in [0.05, 0.1) is 10.7 Å². The van der Waals surface area contributed by atoms with E-state index < -0.39 is 0 Å². The maximum Gasteiger partial charge on any atom is 0.0941 e. The molecule has 4 heteroatoms. The Labute approximate surface area is 103 Å². The van der Waals surface area contributed by atoms with E-state index in [-0.39, 0.29) is 0 Å². The van der Waals surface area contributed by atoms with E-state index in [1.54, 1.807) is 11.3 Å². The van der Waals surface area contributed by atoms with Crippen molar-refractivity contribution in [3.8, 4) is 0 Å². The summed E-state index contributed by atoms with van der Waals surface area (Å²) in [5.41, 5.74) is 1.18. The van der Waals surface area contributed by atoms with Crippen LogP contribution in [0.5, 0.6) is 0 Å². The molecule has 0 saturated carbocycles. The normalized spacial score (nSPS) is 13.3. The first kappa shape index (κ1) is 13.6. The fourth-order valence-electron chi connectivity index (χ4n) is 1.29. The first-order chi connectivity index (χ1) is 7.61. The van der Waals surface area contributed by atoms with Gasteiger partial charge >= 0.3 is 0 Å². The Morgan fingerprint density at radius 1 is 1.50 bits per heavy atom. The molecule has 1 N–H and O–H groups in total. The van der Waals surface area contributed by atoms with Crippen molar-refractivity contribution in [3.63, 3.8) is 0 Å². The number of nitrogens with one attached hydrogen (secondary N) is 1. The topological polar surface area (TPSA) is 28.2 Å². The highest BCUT2D eigenvalue weighted by Gasteiger charge is 2.04. The van der Waals surface area contributed by atoms with Crippen molar-refractivity contribution >= 4 is 11.3 Å². The van der Waals surface area contributed by atoms with E-state index in [1.165, 1.54) is 10.7 Å². The Hall–Kier alpha value is -0.450. The van der Waals surface area contributed by atoms with Crippen molar-refractivity contribution in [3.05, 3.63) is 16.1 Å². The van der Waals surface area contributed by atoms with Gasteiger partial charge in [0.2, 0.25) is 0 Å². The van der Waals surface area contributed by atoms with E-state index in [0.29, 0.717) is 6.04 Å². The zero-order valence-electron chi connectivity index (χ0n) is 10.8. The third-order valence-electron chi connectivity index (χ3n) is 2.62. The Balaban J connectivity index is 2.33. The van der Waals surface area contributed by atoms with Crippen LogP contribution in [0.2, 0.25) is 0 Å². The van der Waals surface area contributed by atoms with Gasteiger partial charge in [-0.1, -0.05) is 6.92 Å². The molecule has 1 aromatic rings. The second-order valence-corrected chi connectivity index (χ2v) is 5.42. The van der Waals surface area contributed by atoms with Crippen LogP contribution in [0, 0.1) is 0 Å². The van der Waals surface area contributed by atoms with Gasteiger partial charge in [-0.25, -0.2) is 4.98 Å². The van der Waals surface area contributed by atoms with Crippen molar-refractivity contribution < 1.29 is 0 Å². The van der Waals surface area contributed by atoms with Gasteiger partial charge in [-0.3, -0.25) is 0 Å². The van der Waals surface area contributed by atoms with Crippen LogP contribution in [0.3, 0.4) is 0 Å². The zero-order chi connectivity index (χ0) is 12.0. The van der Waals surface area contributed by atoms with Crippen LogP contribution in [0.1, 0.15) is 31.0 Å². The van der Waals surface area contributed by atoms with Gasteiger partial charge in [-0.15, -0.1) is 11.3 Å². The number of likely N-dealkylation sites (N-methyl/N-ethyl adjacent to an activating group) is 1. The molecule has 92 valence electrons. The number of aromatic nitrogens is 1. The molecule has 0 saturated heterocycles. The van der Waals surface area contributed by atoms with Crippen molar-refractivity contribution in [1.29, 1.82) is 0 Å². The van der Waals surface area contributed by atoms with E-state index in [9.17, 15) is 0 Å². The third-order valence-corrected chi connectivity index (χ3v) is 3.57. The summed E-state index contributed by atoms with van der Waals surface area (Å²) in [5.74, 6) is 0. The van der Waals surface area contributed by atoms with Crippen LogP contribution in [-0.4, -0.2) is 36.6 Å². The summed E-state index contributed by atoms with van der Waals surface area (Å²) in [5, 5.41) is 6.87. The lowest BCUT2D eigenvalue weighted by atomic mass is 10.2. The molecule has 3 nitrogen and oxygen atoms in total. The average molecular weight is 241 g/mol. The minimum Gasteiger partial charge on any atom is -0.309 e. The predicted octanol–water partition coefficient (Wildman–Crippen LogP) is 2.14. The molecule has 0 aliphatic carbocycles. The molecule has 1 heterocycles. The fourth-order valence-corrected chi connectivity index (χ4v) is 2.07. The number of thiazole rings is 1. The summed E-state index contributed by atoms with van der Waals surface area (Å²) in [6.45, 7) is 6.37. The van der Waals surface area contributed by atoms with E-state index in [1.807, 2.05) is 0 Å². The number of rotatable bonds is 7. The van der Waals surface area contributed by atoms with E-state index in [0.717, 1.165) is 25.9 Å². The maximum atomic E-state index is 4.62. The Morgan fingerprint density at radius 3 is 2.88 bits per heavy atom. The quantitative estimate of drug-likeness (QED) is 0.793. The molecular weight excluding hydrogens is 218 g/mol. The summed E-state index contributed by atoms with van der Waals surface area (Å²) in [6, 6.07) is 0.576. The summed E-state index contributed by atoms with van der Waals surface area (Å²) < 4.78 is 0. The second-order valence-electron chi connectivity index (χ2n) is 4.48. The van der Waals surface area contributed by atoms with Gasteiger partial charge < -0.3 is 10.2 Å². The first-order valence-electron chi connectivity index (χ1n) is 5.93. The zero-order valence-corrected chi connectivity index (χ0v) is 11.6. The highest BCUT2D eigenvalue weighted by molar-refractivity contribution is 7.09. The maximum absolute atomic E-state index is 4.62. The molecule has 0 aliphatic rings. The minimum absolute atomic E-state index is 0.576. The SMILES string of the molecule is CCC(C)NCc1csc(CCN(C)C)n1. The van der Waals surface area contributed by atoms with Gasteiger partial charge in [0.25, 0.3) is 0 Å². The molecule has 0 aliphatic heterocycles. The molecule has 1 atom stereocenters. The lowest BCUT2D eigenvalue weighted by Gasteiger charge is -2.09. The number of hydrogen-bond acceptors (Lipinski definition) is 4. The van der Waals surface area contributed by atoms with Crippen molar-refractivity contribution in [1.82, 2.24) is 15.2 Å². The molecule has 0 bridgehead atoms. The van der Waals surface area contributed by atoms with Crippen LogP contribution in [-0.2, 0) is 13.0 Å². The van der Waals surface area contributed by atoms with Gasteiger partial charge in [-0.2, -0.15) is 0 Å². The van der Waals surface area contributed by atoms with Crippen molar-refractivity contribution in [2.45, 2.75) is 39.3 Å².